The smallest absolute Gasteiger partial charge is 0.546 e. The molecule has 0 amide bonds. The Balaban J connectivity index is -0.000000648. The molecular formula is C30H54CaO8. The van der Waals surface area contributed by atoms with Crippen molar-refractivity contribution in [1.29, 1.82) is 0 Å². The quantitative estimate of drug-likeness (QED) is 0.0901. The van der Waals surface area contributed by atoms with Crippen LogP contribution in [0.25, 0.3) is 0 Å². The standard InChI is InChI=1S/2C15H28O4.Ca/c2*1-3-4-5-6-7-8-9-10-11-12-14(16)19-13(2)15(17)18;/h2*13H,3-12H2,1-2H3,(H,17,18);/q;;+2/p-2. The summed E-state index contributed by atoms with van der Waals surface area (Å²) in [7, 11) is 0. The average molecular weight is 583 g/mol. The van der Waals surface area contributed by atoms with Gasteiger partial charge in [0, 0.05) is 12.8 Å². The molecular weight excluding hydrogens is 528 g/mol. The molecule has 0 aliphatic rings. The van der Waals surface area contributed by atoms with Gasteiger partial charge in [0.1, 0.15) is 12.2 Å². The molecule has 0 fully saturated rings. The summed E-state index contributed by atoms with van der Waals surface area (Å²) in [5.41, 5.74) is 0. The SMILES string of the molecule is CCCCCCCCCCCC(=O)OC(C)C(=O)[O-].CCCCCCCCCCCC(=O)OC(C)C(=O)[O-].[Ca+2]. The van der Waals surface area contributed by atoms with Crippen LogP contribution < -0.4 is 10.2 Å². The summed E-state index contributed by atoms with van der Waals surface area (Å²) in [6, 6.07) is 0. The van der Waals surface area contributed by atoms with Crippen molar-refractivity contribution in [2.24, 2.45) is 0 Å². The van der Waals surface area contributed by atoms with E-state index < -0.39 is 36.1 Å². The van der Waals surface area contributed by atoms with Gasteiger partial charge in [-0.05, 0) is 26.7 Å². The van der Waals surface area contributed by atoms with Crippen molar-refractivity contribution in [2.75, 3.05) is 0 Å². The van der Waals surface area contributed by atoms with E-state index in [0.717, 1.165) is 38.5 Å². The number of carboxylic acid groups (broad SMARTS) is 2. The number of carbonyl (C=O) groups is 4. The number of aliphatic carboxylic acids is 2. The normalized spacial score (nSPS) is 11.8. The Morgan fingerprint density at radius 3 is 0.949 bits per heavy atom. The fraction of sp³-hybridized carbons (Fsp3) is 0.867. The van der Waals surface area contributed by atoms with Gasteiger partial charge in [0.05, 0.1) is 11.9 Å². The van der Waals surface area contributed by atoms with E-state index in [1.165, 1.54) is 90.9 Å². The molecule has 0 spiro atoms. The van der Waals surface area contributed by atoms with Gasteiger partial charge in [0.25, 0.3) is 0 Å². The molecule has 0 saturated heterocycles. The molecule has 0 aromatic heterocycles. The van der Waals surface area contributed by atoms with Gasteiger partial charge in [-0.15, -0.1) is 0 Å². The molecule has 2 atom stereocenters. The van der Waals surface area contributed by atoms with Gasteiger partial charge in [0.15, 0.2) is 0 Å². The van der Waals surface area contributed by atoms with Crippen molar-refractivity contribution in [1.82, 2.24) is 0 Å². The number of carbonyl (C=O) groups excluding carboxylic acids is 4. The number of unbranched alkanes of at least 4 members (excludes halogenated alkanes) is 16. The number of rotatable bonds is 24. The number of esters is 2. The third-order valence-corrected chi connectivity index (χ3v) is 6.25. The summed E-state index contributed by atoms with van der Waals surface area (Å²) in [6.45, 7) is 7.04. The van der Waals surface area contributed by atoms with Crippen LogP contribution in [0.2, 0.25) is 0 Å². The zero-order chi connectivity index (χ0) is 29.0. The minimum atomic E-state index is -1.35. The first-order chi connectivity index (χ1) is 18.1. The first-order valence-corrected chi connectivity index (χ1v) is 15.0. The van der Waals surface area contributed by atoms with E-state index in [0.29, 0.717) is 12.8 Å². The van der Waals surface area contributed by atoms with Crippen LogP contribution in [0.3, 0.4) is 0 Å². The van der Waals surface area contributed by atoms with Crippen LogP contribution in [0.5, 0.6) is 0 Å². The molecule has 39 heavy (non-hydrogen) atoms. The van der Waals surface area contributed by atoms with Crippen molar-refractivity contribution in [3.8, 4) is 0 Å². The number of hydrogen-bond acceptors (Lipinski definition) is 8. The van der Waals surface area contributed by atoms with E-state index in [4.69, 9.17) is 0 Å². The van der Waals surface area contributed by atoms with E-state index in [9.17, 15) is 29.4 Å². The second-order valence-electron chi connectivity index (χ2n) is 10.1. The molecule has 0 bridgehead atoms. The minimum absolute atomic E-state index is 0. The largest absolute Gasteiger partial charge is 2.00 e. The number of hydrogen-bond donors (Lipinski definition) is 0. The Hall–Kier alpha value is -0.860. The van der Waals surface area contributed by atoms with E-state index in [2.05, 4.69) is 23.3 Å². The maximum absolute atomic E-state index is 11.3. The summed E-state index contributed by atoms with van der Waals surface area (Å²) < 4.78 is 9.37. The molecule has 0 saturated carbocycles. The van der Waals surface area contributed by atoms with Crippen molar-refractivity contribution in [2.45, 2.75) is 168 Å². The van der Waals surface area contributed by atoms with Gasteiger partial charge in [0.2, 0.25) is 0 Å². The second kappa shape index (κ2) is 31.7. The molecule has 0 aromatic carbocycles. The van der Waals surface area contributed by atoms with E-state index in [1.54, 1.807) is 0 Å². The number of carboxylic acids is 2. The third-order valence-electron chi connectivity index (χ3n) is 6.25. The Bertz CT molecular complexity index is 560. The predicted octanol–water partition coefficient (Wildman–Crippen LogP) is 4.80. The first kappa shape index (κ1) is 42.6. The minimum Gasteiger partial charge on any atom is -0.546 e. The Morgan fingerprint density at radius 2 is 0.718 bits per heavy atom. The van der Waals surface area contributed by atoms with Crippen LogP contribution in [-0.4, -0.2) is 73.8 Å². The van der Waals surface area contributed by atoms with Crippen LogP contribution in [-0.2, 0) is 28.7 Å². The molecule has 2 unspecified atom stereocenters. The van der Waals surface area contributed by atoms with Crippen LogP contribution in [0.15, 0.2) is 0 Å². The van der Waals surface area contributed by atoms with Gasteiger partial charge in [-0.3, -0.25) is 9.59 Å². The average Bonchev–Trinajstić information content (AvgIpc) is 2.87. The van der Waals surface area contributed by atoms with Crippen molar-refractivity contribution < 1.29 is 38.9 Å². The van der Waals surface area contributed by atoms with Crippen molar-refractivity contribution in [3.05, 3.63) is 0 Å². The van der Waals surface area contributed by atoms with E-state index in [-0.39, 0.29) is 37.7 Å². The fourth-order valence-electron chi connectivity index (χ4n) is 3.77. The molecule has 0 N–H and O–H groups in total. The van der Waals surface area contributed by atoms with Gasteiger partial charge in [-0.25, -0.2) is 0 Å². The predicted molar refractivity (Wildman–Crippen MR) is 151 cm³/mol. The molecule has 0 aliphatic carbocycles. The summed E-state index contributed by atoms with van der Waals surface area (Å²) >= 11 is 0. The maximum Gasteiger partial charge on any atom is 2.00 e. The maximum atomic E-state index is 11.3. The topological polar surface area (TPSA) is 133 Å². The van der Waals surface area contributed by atoms with Crippen LogP contribution in [0.1, 0.15) is 156 Å². The van der Waals surface area contributed by atoms with E-state index in [1.807, 2.05) is 0 Å². The zero-order valence-corrected chi connectivity index (χ0v) is 27.5. The van der Waals surface area contributed by atoms with E-state index >= 15 is 0 Å². The molecule has 9 heteroatoms. The first-order valence-electron chi connectivity index (χ1n) is 15.0. The third kappa shape index (κ3) is 33.2. The zero-order valence-electron chi connectivity index (χ0n) is 25.3. The summed E-state index contributed by atoms with van der Waals surface area (Å²) in [6.07, 6.45) is 19.5. The molecule has 224 valence electrons. The van der Waals surface area contributed by atoms with Crippen molar-refractivity contribution in [3.63, 3.8) is 0 Å². The van der Waals surface area contributed by atoms with Gasteiger partial charge in [-0.1, -0.05) is 117 Å². The van der Waals surface area contributed by atoms with Crippen LogP contribution in [0, 0.1) is 0 Å². The molecule has 0 aliphatic heterocycles. The molecule has 0 aromatic rings. The molecule has 0 radical (unpaired) electrons. The number of ether oxygens (including phenoxy) is 2. The van der Waals surface area contributed by atoms with Gasteiger partial charge < -0.3 is 29.3 Å². The Labute approximate surface area is 267 Å². The van der Waals surface area contributed by atoms with Gasteiger partial charge in [-0.2, -0.15) is 0 Å². The van der Waals surface area contributed by atoms with Crippen LogP contribution >= 0.6 is 0 Å². The second-order valence-corrected chi connectivity index (χ2v) is 10.1. The molecule has 0 rings (SSSR count). The van der Waals surface area contributed by atoms with Gasteiger partial charge >= 0.3 is 49.7 Å². The summed E-state index contributed by atoms with van der Waals surface area (Å²) in [5.74, 6) is -3.58. The summed E-state index contributed by atoms with van der Waals surface area (Å²) in [5, 5.41) is 20.7. The van der Waals surface area contributed by atoms with Crippen molar-refractivity contribution >= 4 is 61.6 Å². The Kier molecular flexibility index (Phi) is 34.6. The molecule has 0 heterocycles. The van der Waals surface area contributed by atoms with Crippen LogP contribution in [0.4, 0.5) is 0 Å². The summed E-state index contributed by atoms with van der Waals surface area (Å²) in [4.78, 5) is 43.2. The Morgan fingerprint density at radius 1 is 0.487 bits per heavy atom. The fourth-order valence-corrected chi connectivity index (χ4v) is 3.77. The monoisotopic (exact) mass is 582 g/mol. The molecule has 8 nitrogen and oxygen atoms in total.